The van der Waals surface area contributed by atoms with Crippen molar-refractivity contribution in [3.05, 3.63) is 29.3 Å². The molecule has 1 aromatic carbocycles. The molecular weight excluding hydrogens is 432 g/mol. The van der Waals surface area contributed by atoms with E-state index in [0.29, 0.717) is 29.4 Å². The molecule has 1 saturated carbocycles. The first-order chi connectivity index (χ1) is 16.4. The average Bonchev–Trinajstić information content (AvgIpc) is 3.37. The molecule has 0 radical (unpaired) electrons. The van der Waals surface area contributed by atoms with E-state index in [1.165, 1.54) is 33.1 Å². The second kappa shape index (κ2) is 9.13. The maximum atomic E-state index is 13.2. The molecule has 5 rings (SSSR count). The van der Waals surface area contributed by atoms with Gasteiger partial charge in [0.1, 0.15) is 12.3 Å². The van der Waals surface area contributed by atoms with Crippen LogP contribution in [0.1, 0.15) is 59.7 Å². The van der Waals surface area contributed by atoms with Gasteiger partial charge in [-0.2, -0.15) is 0 Å². The van der Waals surface area contributed by atoms with Crippen LogP contribution in [-0.4, -0.2) is 79.1 Å². The highest BCUT2D eigenvalue weighted by atomic mass is 16.2. The Bertz CT molecular complexity index is 1000. The Hall–Kier alpha value is -2.74. The first-order valence-electron chi connectivity index (χ1n) is 12.6. The highest BCUT2D eigenvalue weighted by Crippen LogP contribution is 2.45. The number of aldehydes is 1. The number of benzene rings is 1. The predicted octanol–water partition coefficient (Wildman–Crippen LogP) is 1.93. The van der Waals surface area contributed by atoms with Gasteiger partial charge in [-0.25, -0.2) is 0 Å². The van der Waals surface area contributed by atoms with Crippen LogP contribution in [0, 0.1) is 17.8 Å². The predicted molar refractivity (Wildman–Crippen MR) is 128 cm³/mol. The molecule has 0 spiro atoms. The van der Waals surface area contributed by atoms with Crippen molar-refractivity contribution in [1.29, 1.82) is 0 Å². The lowest BCUT2D eigenvalue weighted by molar-refractivity contribution is -0.124. The van der Waals surface area contributed by atoms with Crippen molar-refractivity contribution in [2.75, 3.05) is 38.1 Å². The molecular formula is C26H34N4O4. The SMILES string of the molecule is CNC(=O)C(CCC=O)N1C(=O)c2ccc(N3CCC(CN4CC5CC5C4)CC3C)cc2C1=O. The number of hydrogen-bond acceptors (Lipinski definition) is 6. The van der Waals surface area contributed by atoms with Crippen molar-refractivity contribution < 1.29 is 19.2 Å². The third kappa shape index (κ3) is 4.13. The van der Waals surface area contributed by atoms with Gasteiger partial charge in [-0.3, -0.25) is 19.3 Å². The van der Waals surface area contributed by atoms with Crippen LogP contribution >= 0.6 is 0 Å². The molecule has 8 heteroatoms. The summed E-state index contributed by atoms with van der Waals surface area (Å²) in [4.78, 5) is 55.5. The van der Waals surface area contributed by atoms with Crippen LogP contribution in [-0.2, 0) is 9.59 Å². The van der Waals surface area contributed by atoms with Gasteiger partial charge in [-0.15, -0.1) is 0 Å². The largest absolute Gasteiger partial charge is 0.369 e. The number of likely N-dealkylation sites (N-methyl/N-ethyl adjacent to an activating group) is 1. The van der Waals surface area contributed by atoms with Crippen molar-refractivity contribution in [3.8, 4) is 0 Å². The third-order valence-corrected chi connectivity index (χ3v) is 8.21. The standard InChI is InChI=1S/C26H34N4O4/c1-16-10-17(13-28-14-18-11-19(18)15-28)7-8-29(16)20-5-6-21-22(12-20)26(34)30(25(21)33)23(4-3-9-31)24(32)27-2/h5-6,9,12,16-19,23H,3-4,7-8,10-11,13-15H2,1-2H3,(H,27,32). The van der Waals surface area contributed by atoms with E-state index in [9.17, 15) is 19.2 Å². The van der Waals surface area contributed by atoms with E-state index in [1.807, 2.05) is 6.07 Å². The van der Waals surface area contributed by atoms with E-state index >= 15 is 0 Å². The maximum absolute atomic E-state index is 13.2. The Kier molecular flexibility index (Phi) is 6.18. The number of carbonyl (C=O) groups is 4. The Morgan fingerprint density at radius 2 is 1.88 bits per heavy atom. The minimum absolute atomic E-state index is 0.0991. The number of carbonyl (C=O) groups excluding carboxylic acids is 4. The zero-order valence-corrected chi connectivity index (χ0v) is 20.0. The van der Waals surface area contributed by atoms with Crippen LogP contribution in [0.4, 0.5) is 5.69 Å². The summed E-state index contributed by atoms with van der Waals surface area (Å²) in [6.45, 7) is 6.92. The molecule has 0 aromatic heterocycles. The van der Waals surface area contributed by atoms with Gasteiger partial charge in [-0.05, 0) is 68.6 Å². The zero-order chi connectivity index (χ0) is 24.0. The monoisotopic (exact) mass is 466 g/mol. The molecule has 3 aliphatic heterocycles. The number of hydrogen-bond donors (Lipinski definition) is 1. The van der Waals surface area contributed by atoms with Crippen LogP contribution in [0.3, 0.4) is 0 Å². The average molecular weight is 467 g/mol. The van der Waals surface area contributed by atoms with E-state index in [-0.39, 0.29) is 12.8 Å². The van der Waals surface area contributed by atoms with Gasteiger partial charge in [0.15, 0.2) is 0 Å². The fraction of sp³-hybridized carbons (Fsp3) is 0.615. The third-order valence-electron chi connectivity index (χ3n) is 8.21. The lowest BCUT2D eigenvalue weighted by Crippen LogP contribution is -2.48. The lowest BCUT2D eigenvalue weighted by atomic mass is 9.90. The number of likely N-dealkylation sites (tertiary alicyclic amines) is 1. The number of fused-ring (bicyclic) bond motifs is 2. The summed E-state index contributed by atoms with van der Waals surface area (Å²) < 4.78 is 0. The Balaban J connectivity index is 1.28. The van der Waals surface area contributed by atoms with E-state index < -0.39 is 23.8 Å². The van der Waals surface area contributed by atoms with Crippen LogP contribution in [0.5, 0.6) is 0 Å². The molecule has 1 aliphatic carbocycles. The van der Waals surface area contributed by atoms with Gasteiger partial charge >= 0.3 is 0 Å². The van der Waals surface area contributed by atoms with E-state index in [0.717, 1.165) is 41.8 Å². The summed E-state index contributed by atoms with van der Waals surface area (Å²) in [5.74, 6) is 1.25. The van der Waals surface area contributed by atoms with Crippen molar-refractivity contribution in [2.45, 2.75) is 51.1 Å². The summed E-state index contributed by atoms with van der Waals surface area (Å²) in [5, 5.41) is 2.51. The summed E-state index contributed by atoms with van der Waals surface area (Å²) in [6, 6.07) is 4.79. The van der Waals surface area contributed by atoms with Crippen LogP contribution in [0.15, 0.2) is 18.2 Å². The molecule has 8 nitrogen and oxygen atoms in total. The van der Waals surface area contributed by atoms with E-state index in [2.05, 4.69) is 22.0 Å². The summed E-state index contributed by atoms with van der Waals surface area (Å²) in [7, 11) is 1.46. The fourth-order valence-corrected chi connectivity index (χ4v) is 6.31. The van der Waals surface area contributed by atoms with Crippen molar-refractivity contribution in [1.82, 2.24) is 15.1 Å². The Labute approximate surface area is 200 Å². The van der Waals surface area contributed by atoms with Crippen LogP contribution < -0.4 is 10.2 Å². The topological polar surface area (TPSA) is 90.0 Å². The highest BCUT2D eigenvalue weighted by Gasteiger charge is 2.46. The minimum Gasteiger partial charge on any atom is -0.369 e. The number of nitrogens with one attached hydrogen (secondary N) is 1. The molecule has 4 aliphatic rings. The number of rotatable bonds is 8. The molecule has 1 aromatic rings. The second-order valence-electron chi connectivity index (χ2n) is 10.5. The summed E-state index contributed by atoms with van der Waals surface area (Å²) in [6.07, 6.45) is 4.59. The molecule has 5 atom stereocenters. The molecule has 0 bridgehead atoms. The van der Waals surface area contributed by atoms with E-state index in [4.69, 9.17) is 0 Å². The molecule has 3 fully saturated rings. The van der Waals surface area contributed by atoms with Gasteiger partial charge in [0.2, 0.25) is 5.91 Å². The molecule has 1 N–H and O–H groups in total. The highest BCUT2D eigenvalue weighted by molar-refractivity contribution is 6.23. The van der Waals surface area contributed by atoms with E-state index in [1.54, 1.807) is 12.1 Å². The number of imide groups is 1. The number of nitrogens with zero attached hydrogens (tertiary/aromatic N) is 3. The minimum atomic E-state index is -0.989. The summed E-state index contributed by atoms with van der Waals surface area (Å²) in [5.41, 5.74) is 1.61. The van der Waals surface area contributed by atoms with Crippen molar-refractivity contribution >= 4 is 29.7 Å². The smallest absolute Gasteiger partial charge is 0.262 e. The molecule has 34 heavy (non-hydrogen) atoms. The van der Waals surface area contributed by atoms with Gasteiger partial charge in [0.25, 0.3) is 11.8 Å². The van der Waals surface area contributed by atoms with Crippen LogP contribution in [0.25, 0.3) is 0 Å². The molecule has 182 valence electrons. The molecule has 5 unspecified atom stereocenters. The van der Waals surface area contributed by atoms with Gasteiger partial charge in [0.05, 0.1) is 11.1 Å². The summed E-state index contributed by atoms with van der Waals surface area (Å²) >= 11 is 0. The molecule has 3 amide bonds. The zero-order valence-electron chi connectivity index (χ0n) is 20.0. The first kappa shape index (κ1) is 23.0. The number of piperidine rings is 2. The number of amides is 3. The quantitative estimate of drug-likeness (QED) is 0.465. The fourth-order valence-electron chi connectivity index (χ4n) is 6.31. The Morgan fingerprint density at radius 1 is 1.15 bits per heavy atom. The number of anilines is 1. The Morgan fingerprint density at radius 3 is 2.56 bits per heavy atom. The maximum Gasteiger partial charge on any atom is 0.262 e. The van der Waals surface area contributed by atoms with Crippen LogP contribution in [0.2, 0.25) is 0 Å². The van der Waals surface area contributed by atoms with Gasteiger partial charge in [0, 0.05) is 51.4 Å². The van der Waals surface area contributed by atoms with Crippen molar-refractivity contribution in [3.63, 3.8) is 0 Å². The lowest BCUT2D eigenvalue weighted by Gasteiger charge is -2.40. The first-order valence-corrected chi connectivity index (χ1v) is 12.6. The van der Waals surface area contributed by atoms with Crippen molar-refractivity contribution in [2.24, 2.45) is 17.8 Å². The van der Waals surface area contributed by atoms with Gasteiger partial charge < -0.3 is 19.9 Å². The molecule has 3 heterocycles. The normalized spacial score (nSPS) is 29.1. The second-order valence-corrected chi connectivity index (χ2v) is 10.5. The molecule has 2 saturated heterocycles. The van der Waals surface area contributed by atoms with Gasteiger partial charge in [-0.1, -0.05) is 0 Å².